The number of aryl methyl sites for hydroxylation is 2. The molecule has 0 aliphatic rings. The molecular weight excluding hydrogens is 240 g/mol. The van der Waals surface area contributed by atoms with Gasteiger partial charge in [-0.3, -0.25) is 9.59 Å². The fourth-order valence-corrected chi connectivity index (χ4v) is 2.31. The van der Waals surface area contributed by atoms with Crippen LogP contribution in [0, 0.1) is 19.8 Å². The number of carboxylic acid groups (broad SMARTS) is 1. The average Bonchev–Trinajstić information content (AvgIpc) is 2.56. The van der Waals surface area contributed by atoms with Crippen LogP contribution in [0.4, 0.5) is 0 Å². The predicted molar refractivity (Wildman–Crippen MR) is 65.1 cm³/mol. The van der Waals surface area contributed by atoms with Crippen molar-refractivity contribution in [1.29, 1.82) is 0 Å². The monoisotopic (exact) mass is 256 g/mol. The number of amides is 1. The zero-order valence-corrected chi connectivity index (χ0v) is 10.9. The molecule has 0 saturated carbocycles. The molecule has 2 N–H and O–H groups in total. The number of hydrogen-bond acceptors (Lipinski definition) is 4. The standard InChI is InChI=1S/C11H16N2O3S/c1-6(11(15)16)10(14)12-5-4-9-7(2)13-8(3)17-9/h6H,4-5H2,1-3H3,(H,12,14)(H,15,16). The van der Waals surface area contributed by atoms with Gasteiger partial charge in [-0.15, -0.1) is 11.3 Å². The first-order chi connectivity index (χ1) is 7.91. The van der Waals surface area contributed by atoms with E-state index in [0.717, 1.165) is 15.6 Å². The number of aromatic nitrogens is 1. The molecule has 94 valence electrons. The van der Waals surface area contributed by atoms with E-state index in [-0.39, 0.29) is 0 Å². The average molecular weight is 256 g/mol. The summed E-state index contributed by atoms with van der Waals surface area (Å²) in [5, 5.41) is 12.3. The highest BCUT2D eigenvalue weighted by molar-refractivity contribution is 7.11. The second-order valence-electron chi connectivity index (χ2n) is 3.84. The molecule has 0 fully saturated rings. The highest BCUT2D eigenvalue weighted by Gasteiger charge is 2.19. The lowest BCUT2D eigenvalue weighted by Crippen LogP contribution is -2.34. The summed E-state index contributed by atoms with van der Waals surface area (Å²) in [6, 6.07) is 0. The Labute approximate surface area is 104 Å². The molecule has 1 rings (SSSR count). The molecule has 0 aromatic carbocycles. The molecule has 1 aromatic rings. The van der Waals surface area contributed by atoms with Crippen molar-refractivity contribution in [2.45, 2.75) is 27.2 Å². The summed E-state index contributed by atoms with van der Waals surface area (Å²) in [7, 11) is 0. The minimum Gasteiger partial charge on any atom is -0.481 e. The molecule has 6 heteroatoms. The fraction of sp³-hybridized carbons (Fsp3) is 0.545. The topological polar surface area (TPSA) is 79.3 Å². The molecule has 1 atom stereocenters. The van der Waals surface area contributed by atoms with E-state index >= 15 is 0 Å². The fourth-order valence-electron chi connectivity index (χ4n) is 1.37. The maximum absolute atomic E-state index is 11.4. The van der Waals surface area contributed by atoms with Crippen molar-refractivity contribution in [3.63, 3.8) is 0 Å². The van der Waals surface area contributed by atoms with Gasteiger partial charge in [0.1, 0.15) is 5.92 Å². The van der Waals surface area contributed by atoms with Crippen LogP contribution in [0.2, 0.25) is 0 Å². The minimum atomic E-state index is -1.10. The number of nitrogens with one attached hydrogen (secondary N) is 1. The van der Waals surface area contributed by atoms with Crippen molar-refractivity contribution in [2.24, 2.45) is 5.92 Å². The van der Waals surface area contributed by atoms with Gasteiger partial charge in [-0.25, -0.2) is 4.98 Å². The van der Waals surface area contributed by atoms with E-state index in [4.69, 9.17) is 5.11 Å². The third-order valence-corrected chi connectivity index (χ3v) is 3.55. The van der Waals surface area contributed by atoms with Crippen LogP contribution in [-0.2, 0) is 16.0 Å². The van der Waals surface area contributed by atoms with Crippen LogP contribution < -0.4 is 5.32 Å². The van der Waals surface area contributed by atoms with Crippen LogP contribution in [0.15, 0.2) is 0 Å². The van der Waals surface area contributed by atoms with Gasteiger partial charge in [-0.2, -0.15) is 0 Å². The summed E-state index contributed by atoms with van der Waals surface area (Å²) >= 11 is 1.60. The smallest absolute Gasteiger partial charge is 0.315 e. The Hall–Kier alpha value is -1.43. The summed E-state index contributed by atoms with van der Waals surface area (Å²) in [6.45, 7) is 5.69. The van der Waals surface area contributed by atoms with Crippen LogP contribution in [0.25, 0.3) is 0 Å². The lowest BCUT2D eigenvalue weighted by Gasteiger charge is -2.07. The number of rotatable bonds is 5. The Morgan fingerprint density at radius 1 is 1.47 bits per heavy atom. The molecule has 0 aliphatic heterocycles. The Bertz CT molecular complexity index is 428. The van der Waals surface area contributed by atoms with Crippen molar-refractivity contribution in [2.75, 3.05) is 6.54 Å². The van der Waals surface area contributed by atoms with Crippen molar-refractivity contribution in [3.8, 4) is 0 Å². The normalized spacial score (nSPS) is 12.2. The number of thiazole rings is 1. The van der Waals surface area contributed by atoms with Crippen molar-refractivity contribution < 1.29 is 14.7 Å². The van der Waals surface area contributed by atoms with Gasteiger partial charge in [0.15, 0.2) is 0 Å². The molecule has 0 radical (unpaired) electrons. The van der Waals surface area contributed by atoms with Gasteiger partial charge in [-0.05, 0) is 20.8 Å². The van der Waals surface area contributed by atoms with Gasteiger partial charge in [0.25, 0.3) is 0 Å². The summed E-state index contributed by atoms with van der Waals surface area (Å²) < 4.78 is 0. The molecule has 0 bridgehead atoms. The first-order valence-electron chi connectivity index (χ1n) is 5.35. The van der Waals surface area contributed by atoms with Gasteiger partial charge >= 0.3 is 5.97 Å². The van der Waals surface area contributed by atoms with E-state index < -0.39 is 17.8 Å². The Balaban J connectivity index is 2.40. The van der Waals surface area contributed by atoms with Crippen molar-refractivity contribution in [3.05, 3.63) is 15.6 Å². The molecule has 5 nitrogen and oxygen atoms in total. The number of carboxylic acids is 1. The van der Waals surface area contributed by atoms with Crippen molar-refractivity contribution >= 4 is 23.2 Å². The zero-order chi connectivity index (χ0) is 13.0. The van der Waals surface area contributed by atoms with Crippen LogP contribution in [0.5, 0.6) is 0 Å². The Morgan fingerprint density at radius 3 is 2.59 bits per heavy atom. The molecular formula is C11H16N2O3S. The molecule has 0 spiro atoms. The highest BCUT2D eigenvalue weighted by Crippen LogP contribution is 2.17. The third-order valence-electron chi connectivity index (χ3n) is 2.41. The van der Waals surface area contributed by atoms with E-state index in [9.17, 15) is 9.59 Å². The lowest BCUT2D eigenvalue weighted by atomic mass is 10.1. The van der Waals surface area contributed by atoms with E-state index in [2.05, 4.69) is 10.3 Å². The van der Waals surface area contributed by atoms with Crippen LogP contribution >= 0.6 is 11.3 Å². The lowest BCUT2D eigenvalue weighted by molar-refractivity contribution is -0.146. The van der Waals surface area contributed by atoms with Gasteiger partial charge in [-0.1, -0.05) is 0 Å². The van der Waals surface area contributed by atoms with Crippen molar-refractivity contribution in [1.82, 2.24) is 10.3 Å². The molecule has 1 heterocycles. The van der Waals surface area contributed by atoms with Crippen LogP contribution in [-0.4, -0.2) is 28.5 Å². The van der Waals surface area contributed by atoms with E-state index in [1.807, 2.05) is 13.8 Å². The van der Waals surface area contributed by atoms with Gasteiger partial charge < -0.3 is 10.4 Å². The summed E-state index contributed by atoms with van der Waals surface area (Å²) in [4.78, 5) is 27.3. The summed E-state index contributed by atoms with van der Waals surface area (Å²) in [5.41, 5.74) is 0.980. The SMILES string of the molecule is Cc1nc(C)c(CCNC(=O)C(C)C(=O)O)s1. The number of aliphatic carboxylic acids is 1. The molecule has 1 amide bonds. The number of nitrogens with zero attached hydrogens (tertiary/aromatic N) is 1. The first-order valence-corrected chi connectivity index (χ1v) is 6.17. The predicted octanol–water partition coefficient (Wildman–Crippen LogP) is 1.14. The second-order valence-corrected chi connectivity index (χ2v) is 5.13. The molecule has 17 heavy (non-hydrogen) atoms. The number of hydrogen-bond donors (Lipinski definition) is 2. The minimum absolute atomic E-state index is 0.443. The number of carbonyl (C=O) groups excluding carboxylic acids is 1. The van der Waals surface area contributed by atoms with E-state index in [1.165, 1.54) is 6.92 Å². The number of carbonyl (C=O) groups is 2. The van der Waals surface area contributed by atoms with Crippen LogP contribution in [0.3, 0.4) is 0 Å². The first kappa shape index (κ1) is 13.6. The molecule has 0 aliphatic carbocycles. The van der Waals surface area contributed by atoms with Gasteiger partial charge in [0.2, 0.25) is 5.91 Å². The van der Waals surface area contributed by atoms with E-state index in [0.29, 0.717) is 13.0 Å². The van der Waals surface area contributed by atoms with Crippen LogP contribution in [0.1, 0.15) is 22.5 Å². The molecule has 1 aromatic heterocycles. The van der Waals surface area contributed by atoms with Gasteiger partial charge in [0.05, 0.1) is 10.7 Å². The molecule has 1 unspecified atom stereocenters. The van der Waals surface area contributed by atoms with Gasteiger partial charge in [0, 0.05) is 17.8 Å². The third kappa shape index (κ3) is 3.81. The maximum Gasteiger partial charge on any atom is 0.315 e. The zero-order valence-electron chi connectivity index (χ0n) is 10.1. The summed E-state index contributed by atoms with van der Waals surface area (Å²) in [5.74, 6) is -2.55. The maximum atomic E-state index is 11.4. The van der Waals surface area contributed by atoms with E-state index in [1.54, 1.807) is 11.3 Å². The Kier molecular flexibility index (Phi) is 4.62. The summed E-state index contributed by atoms with van der Waals surface area (Å²) in [6.07, 6.45) is 0.690. The second kappa shape index (κ2) is 5.77. The largest absolute Gasteiger partial charge is 0.481 e. The Morgan fingerprint density at radius 2 is 2.12 bits per heavy atom. The quantitative estimate of drug-likeness (QED) is 0.774. The highest BCUT2D eigenvalue weighted by atomic mass is 32.1. The molecule has 0 saturated heterocycles.